The molecule has 0 heterocycles. The average Bonchev–Trinajstić information content (AvgIpc) is 2.57. The first-order chi connectivity index (χ1) is 11.5. The molecule has 2 aromatic carbocycles. The second-order valence-corrected chi connectivity index (χ2v) is 6.67. The van der Waals surface area contributed by atoms with Crippen molar-refractivity contribution in [2.45, 2.75) is 40.2 Å². The van der Waals surface area contributed by atoms with E-state index < -0.39 is 0 Å². The summed E-state index contributed by atoms with van der Waals surface area (Å²) in [6, 6.07) is 16.9. The van der Waals surface area contributed by atoms with Crippen LogP contribution in [0.1, 0.15) is 43.5 Å². The number of nitrogens with one attached hydrogen (secondary N) is 1. The molecule has 0 saturated heterocycles. The Balaban J connectivity index is 1.98. The van der Waals surface area contributed by atoms with Crippen molar-refractivity contribution in [3.8, 4) is 0 Å². The second-order valence-electron chi connectivity index (χ2n) is 6.67. The zero-order chi connectivity index (χ0) is 17.5. The van der Waals surface area contributed by atoms with Crippen molar-refractivity contribution in [2.75, 3.05) is 11.9 Å². The Bertz CT molecular complexity index is 662. The van der Waals surface area contributed by atoms with Gasteiger partial charge in [-0.2, -0.15) is 0 Å². The maximum Gasteiger partial charge on any atom is 0.279 e. The number of rotatable bonds is 7. The van der Waals surface area contributed by atoms with E-state index in [1.165, 1.54) is 11.1 Å². The number of hydrogen-bond acceptors (Lipinski definition) is 1. The van der Waals surface area contributed by atoms with Gasteiger partial charge in [0.2, 0.25) is 0 Å². The third-order valence-electron chi connectivity index (χ3n) is 4.47. The van der Waals surface area contributed by atoms with Gasteiger partial charge in [0.25, 0.3) is 5.91 Å². The number of nitrogens with two attached hydrogens (primary N) is 1. The SMILES string of the molecule is CCc1ccc([C@@H]([NH2+]CC(=O)Nc2ccccc2C)C(C)C)cc1. The van der Waals surface area contributed by atoms with Crippen molar-refractivity contribution in [3.63, 3.8) is 0 Å². The van der Waals surface area contributed by atoms with E-state index in [2.05, 4.69) is 55.7 Å². The van der Waals surface area contributed by atoms with Crippen molar-refractivity contribution in [1.82, 2.24) is 0 Å². The predicted molar refractivity (Wildman–Crippen MR) is 100 cm³/mol. The Labute approximate surface area is 145 Å². The van der Waals surface area contributed by atoms with Crippen LogP contribution in [-0.4, -0.2) is 12.5 Å². The van der Waals surface area contributed by atoms with Gasteiger partial charge in [0, 0.05) is 17.2 Å². The van der Waals surface area contributed by atoms with Gasteiger partial charge in [-0.25, -0.2) is 0 Å². The van der Waals surface area contributed by atoms with Crippen LogP contribution in [0, 0.1) is 12.8 Å². The number of amides is 1. The molecular weight excluding hydrogens is 296 g/mol. The quantitative estimate of drug-likeness (QED) is 0.804. The normalized spacial score (nSPS) is 12.2. The van der Waals surface area contributed by atoms with Crippen molar-refractivity contribution >= 4 is 11.6 Å². The number of hydrogen-bond donors (Lipinski definition) is 2. The molecule has 1 atom stereocenters. The molecule has 1 amide bonds. The van der Waals surface area contributed by atoms with Crippen LogP contribution in [0.5, 0.6) is 0 Å². The van der Waals surface area contributed by atoms with Crippen LogP contribution in [0.4, 0.5) is 5.69 Å². The van der Waals surface area contributed by atoms with Crippen molar-refractivity contribution in [3.05, 3.63) is 65.2 Å². The van der Waals surface area contributed by atoms with Crippen LogP contribution in [0.3, 0.4) is 0 Å². The summed E-state index contributed by atoms with van der Waals surface area (Å²) in [6.07, 6.45) is 1.05. The fourth-order valence-electron chi connectivity index (χ4n) is 2.92. The van der Waals surface area contributed by atoms with Crippen molar-refractivity contribution in [2.24, 2.45) is 5.92 Å². The Kier molecular flexibility index (Phi) is 6.56. The molecule has 3 nitrogen and oxygen atoms in total. The highest BCUT2D eigenvalue weighted by atomic mass is 16.1. The molecule has 3 heteroatoms. The van der Waals surface area contributed by atoms with Crippen molar-refractivity contribution in [1.29, 1.82) is 0 Å². The third-order valence-corrected chi connectivity index (χ3v) is 4.47. The zero-order valence-corrected chi connectivity index (χ0v) is 15.2. The smallest absolute Gasteiger partial charge is 0.279 e. The number of quaternary nitrogens is 1. The Morgan fingerprint density at radius 2 is 1.75 bits per heavy atom. The maximum absolute atomic E-state index is 12.3. The second kappa shape index (κ2) is 8.65. The number of benzene rings is 2. The van der Waals surface area contributed by atoms with Gasteiger partial charge in [-0.15, -0.1) is 0 Å². The summed E-state index contributed by atoms with van der Waals surface area (Å²) in [4.78, 5) is 12.3. The minimum absolute atomic E-state index is 0.0418. The maximum atomic E-state index is 12.3. The van der Waals surface area contributed by atoms with Gasteiger partial charge in [0.05, 0.1) is 0 Å². The summed E-state index contributed by atoms with van der Waals surface area (Å²) in [6.45, 7) is 9.00. The van der Waals surface area contributed by atoms with Crippen LogP contribution >= 0.6 is 0 Å². The van der Waals surface area contributed by atoms with Gasteiger partial charge in [-0.3, -0.25) is 4.79 Å². The summed E-state index contributed by atoms with van der Waals surface area (Å²) in [7, 11) is 0. The van der Waals surface area contributed by atoms with Crippen molar-refractivity contribution < 1.29 is 10.1 Å². The predicted octanol–water partition coefficient (Wildman–Crippen LogP) is 3.46. The standard InChI is InChI=1S/C21H28N2O/c1-5-17-10-12-18(13-11-17)21(15(2)3)22-14-20(24)23-19-9-7-6-8-16(19)4/h6-13,15,21-22H,5,14H2,1-4H3,(H,23,24)/p+1/t21-/m0/s1. The Hall–Kier alpha value is -2.13. The molecule has 0 aliphatic heterocycles. The lowest BCUT2D eigenvalue weighted by molar-refractivity contribution is -0.692. The van der Waals surface area contributed by atoms with E-state index in [0.29, 0.717) is 18.5 Å². The number of para-hydroxylation sites is 1. The van der Waals surface area contributed by atoms with Crippen LogP contribution in [0.25, 0.3) is 0 Å². The van der Waals surface area contributed by atoms with Crippen LogP contribution in [-0.2, 0) is 11.2 Å². The lowest BCUT2D eigenvalue weighted by atomic mass is 9.95. The van der Waals surface area contributed by atoms with Crippen LogP contribution in [0.15, 0.2) is 48.5 Å². The number of carbonyl (C=O) groups is 1. The molecule has 0 aliphatic carbocycles. The van der Waals surface area contributed by atoms with E-state index in [-0.39, 0.29) is 5.91 Å². The van der Waals surface area contributed by atoms with E-state index in [1.54, 1.807) is 0 Å². The lowest BCUT2D eigenvalue weighted by Crippen LogP contribution is -2.88. The molecule has 2 rings (SSSR count). The number of aryl methyl sites for hydroxylation is 2. The molecule has 0 fully saturated rings. The highest BCUT2D eigenvalue weighted by molar-refractivity contribution is 5.92. The molecule has 0 radical (unpaired) electrons. The summed E-state index contributed by atoms with van der Waals surface area (Å²) in [5.74, 6) is 0.504. The Morgan fingerprint density at radius 3 is 2.33 bits per heavy atom. The number of anilines is 1. The molecule has 128 valence electrons. The summed E-state index contributed by atoms with van der Waals surface area (Å²) < 4.78 is 0. The molecule has 3 N–H and O–H groups in total. The van der Waals surface area contributed by atoms with Gasteiger partial charge in [0.15, 0.2) is 6.54 Å². The van der Waals surface area contributed by atoms with E-state index >= 15 is 0 Å². The summed E-state index contributed by atoms with van der Waals surface area (Å²) in [5.41, 5.74) is 4.61. The molecule has 24 heavy (non-hydrogen) atoms. The highest BCUT2D eigenvalue weighted by Crippen LogP contribution is 2.18. The Morgan fingerprint density at radius 1 is 1.08 bits per heavy atom. The van der Waals surface area contributed by atoms with Gasteiger partial charge in [-0.1, -0.05) is 63.2 Å². The van der Waals surface area contributed by atoms with Gasteiger partial charge in [-0.05, 0) is 30.5 Å². The fourth-order valence-corrected chi connectivity index (χ4v) is 2.92. The summed E-state index contributed by atoms with van der Waals surface area (Å²) >= 11 is 0. The van der Waals surface area contributed by atoms with E-state index in [1.807, 2.05) is 31.2 Å². The van der Waals surface area contributed by atoms with E-state index in [9.17, 15) is 4.79 Å². The summed E-state index contributed by atoms with van der Waals surface area (Å²) in [5, 5.41) is 5.14. The minimum atomic E-state index is 0.0418. The lowest BCUT2D eigenvalue weighted by Gasteiger charge is -2.20. The first kappa shape index (κ1) is 18.2. The first-order valence-corrected chi connectivity index (χ1v) is 8.79. The molecule has 2 aromatic rings. The zero-order valence-electron chi connectivity index (χ0n) is 15.2. The van der Waals surface area contributed by atoms with Gasteiger partial charge < -0.3 is 10.6 Å². The van der Waals surface area contributed by atoms with Crippen LogP contribution in [0.2, 0.25) is 0 Å². The topological polar surface area (TPSA) is 45.7 Å². The van der Waals surface area contributed by atoms with Gasteiger partial charge in [0.1, 0.15) is 6.04 Å². The van der Waals surface area contributed by atoms with E-state index in [0.717, 1.165) is 17.7 Å². The third kappa shape index (κ3) is 4.93. The molecule has 0 unspecified atom stereocenters. The van der Waals surface area contributed by atoms with E-state index in [4.69, 9.17) is 0 Å². The molecule has 0 spiro atoms. The molecule has 0 aromatic heterocycles. The fraction of sp³-hybridized carbons (Fsp3) is 0.381. The number of carbonyl (C=O) groups excluding carboxylic acids is 1. The largest absolute Gasteiger partial charge is 0.332 e. The highest BCUT2D eigenvalue weighted by Gasteiger charge is 2.20. The minimum Gasteiger partial charge on any atom is -0.332 e. The monoisotopic (exact) mass is 325 g/mol. The van der Waals surface area contributed by atoms with Gasteiger partial charge >= 0.3 is 0 Å². The first-order valence-electron chi connectivity index (χ1n) is 8.79. The molecule has 0 bridgehead atoms. The average molecular weight is 325 g/mol. The van der Waals surface area contributed by atoms with Crippen LogP contribution < -0.4 is 10.6 Å². The molecule has 0 aliphatic rings. The molecular formula is C21H29N2O+. The molecule has 0 saturated carbocycles.